The molecule has 0 spiro atoms. The number of rotatable bonds is 7. The molecule has 0 unspecified atom stereocenters. The van der Waals surface area contributed by atoms with Gasteiger partial charge in [0.05, 0.1) is 10.6 Å². The highest BCUT2D eigenvalue weighted by Gasteiger charge is 2.19. The molecule has 13 heteroatoms. The third-order valence-electron chi connectivity index (χ3n) is 5.52. The van der Waals surface area contributed by atoms with Crippen LogP contribution in [0, 0.1) is 6.92 Å². The second kappa shape index (κ2) is 10.3. The first-order valence-corrected chi connectivity index (χ1v) is 13.7. The van der Waals surface area contributed by atoms with E-state index in [-0.39, 0.29) is 10.0 Å². The average molecular weight is 544 g/mol. The number of hydrogen-bond donors (Lipinski definition) is 2. The van der Waals surface area contributed by atoms with Gasteiger partial charge in [-0.15, -0.1) is 0 Å². The summed E-state index contributed by atoms with van der Waals surface area (Å²) in [4.78, 5) is 15.3. The SMILES string of the molecule is Cc1cc(S(=O)(=O)Nc2ncns2)ccc1Oc1ccc(Cl)cc1-c1ccnc(N2CCNCC2)n1. The number of nitrogens with one attached hydrogen (secondary N) is 2. The number of hydrogen-bond acceptors (Lipinski definition) is 10. The van der Waals surface area contributed by atoms with E-state index in [1.165, 1.54) is 12.4 Å². The first-order chi connectivity index (χ1) is 17.4. The molecule has 2 aromatic heterocycles. The average Bonchev–Trinajstić information content (AvgIpc) is 3.39. The standard InChI is InChI=1S/C23H22ClN7O3S2/c1-15-12-17(36(32,33)30-23-27-14-28-35-23)3-5-20(15)34-21-4-2-16(24)13-18(21)19-6-7-26-22(29-19)31-10-8-25-9-11-31/h2-7,12-14,25H,8-11H2,1H3,(H,27,28,30). The minimum atomic E-state index is -3.81. The zero-order chi connectivity index (χ0) is 25.1. The highest BCUT2D eigenvalue weighted by atomic mass is 35.5. The van der Waals surface area contributed by atoms with Crippen molar-refractivity contribution in [2.75, 3.05) is 35.8 Å². The maximum atomic E-state index is 12.7. The topological polar surface area (TPSA) is 122 Å². The van der Waals surface area contributed by atoms with Crippen LogP contribution in [0.15, 0.2) is 59.9 Å². The zero-order valence-electron chi connectivity index (χ0n) is 19.2. The molecule has 1 saturated heterocycles. The molecule has 1 fully saturated rings. The summed E-state index contributed by atoms with van der Waals surface area (Å²) in [5, 5.41) is 4.06. The Kier molecular flexibility index (Phi) is 7.01. The van der Waals surface area contributed by atoms with E-state index < -0.39 is 10.0 Å². The molecule has 0 aliphatic carbocycles. The van der Waals surface area contributed by atoms with Crippen LogP contribution >= 0.6 is 23.1 Å². The molecule has 36 heavy (non-hydrogen) atoms. The smallest absolute Gasteiger partial charge is 0.263 e. The lowest BCUT2D eigenvalue weighted by Crippen LogP contribution is -2.44. The Hall–Kier alpha value is -3.32. The number of aryl methyl sites for hydroxylation is 1. The Bertz CT molecular complexity index is 1480. The molecule has 0 saturated carbocycles. The van der Waals surface area contributed by atoms with Crippen LogP contribution in [-0.2, 0) is 10.0 Å². The van der Waals surface area contributed by atoms with Crippen molar-refractivity contribution in [1.82, 2.24) is 24.6 Å². The number of piperazine rings is 1. The summed E-state index contributed by atoms with van der Waals surface area (Å²) in [5.41, 5.74) is 2.02. The Morgan fingerprint density at radius 2 is 1.89 bits per heavy atom. The minimum absolute atomic E-state index is 0.0929. The molecule has 10 nitrogen and oxygen atoms in total. The lowest BCUT2D eigenvalue weighted by Gasteiger charge is -2.27. The molecule has 3 heterocycles. The van der Waals surface area contributed by atoms with Gasteiger partial charge in [0, 0.05) is 54.5 Å². The zero-order valence-corrected chi connectivity index (χ0v) is 21.6. The molecule has 0 amide bonds. The molecule has 1 aliphatic heterocycles. The van der Waals surface area contributed by atoms with E-state index in [0.717, 1.165) is 37.7 Å². The summed E-state index contributed by atoms with van der Waals surface area (Å²) in [6, 6.07) is 11.8. The van der Waals surface area contributed by atoms with E-state index in [1.54, 1.807) is 43.5 Å². The van der Waals surface area contributed by atoms with Crippen molar-refractivity contribution < 1.29 is 13.2 Å². The lowest BCUT2D eigenvalue weighted by atomic mass is 10.1. The highest BCUT2D eigenvalue weighted by molar-refractivity contribution is 7.93. The molecule has 2 aromatic carbocycles. The Morgan fingerprint density at radius 1 is 1.08 bits per heavy atom. The van der Waals surface area contributed by atoms with E-state index >= 15 is 0 Å². The predicted molar refractivity (Wildman–Crippen MR) is 140 cm³/mol. The molecular weight excluding hydrogens is 522 g/mol. The highest BCUT2D eigenvalue weighted by Crippen LogP contribution is 2.36. The normalized spacial score (nSPS) is 14.0. The van der Waals surface area contributed by atoms with Gasteiger partial charge in [-0.2, -0.15) is 4.37 Å². The van der Waals surface area contributed by atoms with Gasteiger partial charge in [0.1, 0.15) is 17.8 Å². The number of halogens is 1. The number of ether oxygens (including phenoxy) is 1. The van der Waals surface area contributed by atoms with Gasteiger partial charge in [-0.3, -0.25) is 4.72 Å². The summed E-state index contributed by atoms with van der Waals surface area (Å²) in [7, 11) is -3.81. The van der Waals surface area contributed by atoms with Crippen molar-refractivity contribution in [1.29, 1.82) is 0 Å². The maximum Gasteiger partial charge on any atom is 0.263 e. The lowest BCUT2D eigenvalue weighted by molar-refractivity contribution is 0.480. The fraction of sp³-hybridized carbons (Fsp3) is 0.217. The van der Waals surface area contributed by atoms with Crippen LogP contribution < -0.4 is 19.7 Å². The van der Waals surface area contributed by atoms with E-state index in [4.69, 9.17) is 21.3 Å². The van der Waals surface area contributed by atoms with Gasteiger partial charge in [0.15, 0.2) is 0 Å². The van der Waals surface area contributed by atoms with Crippen molar-refractivity contribution in [2.45, 2.75) is 11.8 Å². The van der Waals surface area contributed by atoms with Crippen LogP contribution in [0.25, 0.3) is 11.3 Å². The number of nitrogens with zero attached hydrogens (tertiary/aromatic N) is 5. The first kappa shape index (κ1) is 24.4. The number of sulfonamides is 1. The van der Waals surface area contributed by atoms with Gasteiger partial charge < -0.3 is 15.0 Å². The summed E-state index contributed by atoms with van der Waals surface area (Å²) in [6.07, 6.45) is 3.01. The van der Waals surface area contributed by atoms with Crippen LogP contribution in [0.2, 0.25) is 5.02 Å². The van der Waals surface area contributed by atoms with Gasteiger partial charge in [0.25, 0.3) is 10.0 Å². The monoisotopic (exact) mass is 543 g/mol. The number of benzene rings is 2. The molecule has 1 aliphatic rings. The third-order valence-corrected chi connectivity index (χ3v) is 7.80. The summed E-state index contributed by atoms with van der Waals surface area (Å²) in [5.74, 6) is 1.69. The molecule has 2 N–H and O–H groups in total. The van der Waals surface area contributed by atoms with Crippen LogP contribution in [0.3, 0.4) is 0 Å². The fourth-order valence-electron chi connectivity index (χ4n) is 3.72. The van der Waals surface area contributed by atoms with Crippen molar-refractivity contribution in [3.05, 3.63) is 65.6 Å². The molecule has 4 aromatic rings. The number of anilines is 2. The van der Waals surface area contributed by atoms with Gasteiger partial charge in [0.2, 0.25) is 11.1 Å². The summed E-state index contributed by atoms with van der Waals surface area (Å²) < 4.78 is 37.9. The van der Waals surface area contributed by atoms with E-state index in [1.807, 2.05) is 6.07 Å². The predicted octanol–water partition coefficient (Wildman–Crippen LogP) is 3.96. The second-order valence-corrected chi connectivity index (χ2v) is 10.9. The van der Waals surface area contributed by atoms with E-state index in [9.17, 15) is 8.42 Å². The Morgan fingerprint density at radius 3 is 2.64 bits per heavy atom. The van der Waals surface area contributed by atoms with Gasteiger partial charge in [-0.25, -0.2) is 23.4 Å². The molecule has 0 atom stereocenters. The Balaban J connectivity index is 1.43. The fourth-order valence-corrected chi connectivity index (χ4v) is 5.64. The minimum Gasteiger partial charge on any atom is -0.456 e. The van der Waals surface area contributed by atoms with Crippen LogP contribution in [0.1, 0.15) is 5.56 Å². The molecule has 0 bridgehead atoms. The van der Waals surface area contributed by atoms with Crippen molar-refractivity contribution in [2.24, 2.45) is 0 Å². The summed E-state index contributed by atoms with van der Waals surface area (Å²) in [6.45, 7) is 5.18. The maximum absolute atomic E-state index is 12.7. The summed E-state index contributed by atoms with van der Waals surface area (Å²) >= 11 is 7.28. The molecule has 5 rings (SSSR count). The number of aromatic nitrogens is 4. The molecule has 0 radical (unpaired) electrons. The van der Waals surface area contributed by atoms with Gasteiger partial charge in [-0.1, -0.05) is 11.6 Å². The van der Waals surface area contributed by atoms with Crippen LogP contribution in [0.5, 0.6) is 11.5 Å². The van der Waals surface area contributed by atoms with Crippen molar-refractivity contribution >= 4 is 44.2 Å². The first-order valence-electron chi connectivity index (χ1n) is 11.1. The van der Waals surface area contributed by atoms with Crippen molar-refractivity contribution in [3.63, 3.8) is 0 Å². The van der Waals surface area contributed by atoms with Crippen LogP contribution in [0.4, 0.5) is 11.1 Å². The van der Waals surface area contributed by atoms with Gasteiger partial charge >= 0.3 is 0 Å². The third kappa shape index (κ3) is 5.41. The molecular formula is C23H22ClN7O3S2. The second-order valence-electron chi connectivity index (χ2n) is 8.00. The van der Waals surface area contributed by atoms with E-state index in [0.29, 0.717) is 39.3 Å². The Labute approximate surface area is 217 Å². The quantitative estimate of drug-likeness (QED) is 0.356. The van der Waals surface area contributed by atoms with Crippen LogP contribution in [-0.4, -0.2) is 53.9 Å². The van der Waals surface area contributed by atoms with Crippen molar-refractivity contribution in [3.8, 4) is 22.8 Å². The largest absolute Gasteiger partial charge is 0.456 e. The van der Waals surface area contributed by atoms with E-state index in [2.05, 4.69) is 29.3 Å². The molecule has 186 valence electrons. The van der Waals surface area contributed by atoms with Gasteiger partial charge in [-0.05, 0) is 55.0 Å².